The molecule has 0 heterocycles. The highest BCUT2D eigenvalue weighted by atomic mass is 35.5. The van der Waals surface area contributed by atoms with Crippen molar-refractivity contribution < 1.29 is 19.0 Å². The van der Waals surface area contributed by atoms with Crippen LogP contribution in [0, 0.1) is 0 Å². The Balaban J connectivity index is 3.02. The van der Waals surface area contributed by atoms with Crippen molar-refractivity contribution >= 4 is 23.3 Å². The fourth-order valence-electron chi connectivity index (χ4n) is 1.73. The van der Waals surface area contributed by atoms with Gasteiger partial charge in [0.25, 0.3) is 0 Å². The van der Waals surface area contributed by atoms with Crippen molar-refractivity contribution in [2.75, 3.05) is 26.1 Å². The molecule has 5 nitrogen and oxygen atoms in total. The van der Waals surface area contributed by atoms with Crippen LogP contribution in [-0.2, 0) is 9.53 Å². The lowest BCUT2D eigenvalue weighted by atomic mass is 10.2. The van der Waals surface area contributed by atoms with E-state index in [4.69, 9.17) is 25.8 Å². The van der Waals surface area contributed by atoms with Crippen molar-refractivity contribution in [3.8, 4) is 11.5 Å². The molecule has 6 heteroatoms. The summed E-state index contributed by atoms with van der Waals surface area (Å²) in [4.78, 5) is 11.8. The summed E-state index contributed by atoms with van der Waals surface area (Å²) in [5.41, 5.74) is 0.633. The van der Waals surface area contributed by atoms with E-state index < -0.39 is 6.04 Å². The van der Waals surface area contributed by atoms with Gasteiger partial charge in [-0.15, -0.1) is 0 Å². The van der Waals surface area contributed by atoms with E-state index in [1.54, 1.807) is 19.1 Å². The molecule has 0 aliphatic heterocycles. The maximum atomic E-state index is 11.8. The van der Waals surface area contributed by atoms with Crippen LogP contribution in [0.2, 0.25) is 5.02 Å². The third kappa shape index (κ3) is 3.93. The Kier molecular flexibility index (Phi) is 6.45. The van der Waals surface area contributed by atoms with E-state index in [0.29, 0.717) is 35.2 Å². The molecule has 0 spiro atoms. The molecule has 1 rings (SSSR count). The van der Waals surface area contributed by atoms with Crippen LogP contribution < -0.4 is 14.8 Å². The number of esters is 1. The van der Waals surface area contributed by atoms with Gasteiger partial charge in [-0.1, -0.05) is 18.5 Å². The summed E-state index contributed by atoms with van der Waals surface area (Å²) in [6.45, 7) is 4.02. The number of benzene rings is 1. The molecular formula is C14H20ClNO4. The lowest BCUT2D eigenvalue weighted by molar-refractivity contribution is -0.144. The van der Waals surface area contributed by atoms with Crippen LogP contribution in [0.3, 0.4) is 0 Å². The Morgan fingerprint density at radius 3 is 2.40 bits per heavy atom. The van der Waals surface area contributed by atoms with E-state index in [1.807, 2.05) is 6.92 Å². The van der Waals surface area contributed by atoms with Gasteiger partial charge in [-0.25, -0.2) is 4.79 Å². The second-order valence-corrected chi connectivity index (χ2v) is 4.45. The predicted octanol–water partition coefficient (Wildman–Crippen LogP) is 3.11. The first-order valence-electron chi connectivity index (χ1n) is 6.42. The summed E-state index contributed by atoms with van der Waals surface area (Å²) in [7, 11) is 3.06. The summed E-state index contributed by atoms with van der Waals surface area (Å²) in [6.07, 6.45) is 0.590. The number of methoxy groups -OCH3 is 2. The van der Waals surface area contributed by atoms with Crippen molar-refractivity contribution in [3.63, 3.8) is 0 Å². The number of anilines is 1. The molecule has 0 aliphatic carbocycles. The molecule has 1 atom stereocenters. The van der Waals surface area contributed by atoms with Crippen molar-refractivity contribution in [1.82, 2.24) is 0 Å². The van der Waals surface area contributed by atoms with Crippen LogP contribution in [0.25, 0.3) is 0 Å². The quantitative estimate of drug-likeness (QED) is 0.784. The average molecular weight is 302 g/mol. The Morgan fingerprint density at radius 2 is 1.90 bits per heavy atom. The number of halogens is 1. The lowest BCUT2D eigenvalue weighted by Gasteiger charge is -2.19. The molecule has 0 aromatic heterocycles. The smallest absolute Gasteiger partial charge is 0.328 e. The zero-order chi connectivity index (χ0) is 15.1. The number of hydrogen-bond donors (Lipinski definition) is 1. The van der Waals surface area contributed by atoms with Gasteiger partial charge in [-0.05, 0) is 13.3 Å². The van der Waals surface area contributed by atoms with Gasteiger partial charge in [-0.3, -0.25) is 0 Å². The zero-order valence-corrected chi connectivity index (χ0v) is 12.9. The topological polar surface area (TPSA) is 56.8 Å². The third-order valence-electron chi connectivity index (χ3n) is 2.78. The number of rotatable bonds is 7. The second-order valence-electron chi connectivity index (χ2n) is 4.04. The van der Waals surface area contributed by atoms with Crippen molar-refractivity contribution in [3.05, 3.63) is 17.2 Å². The van der Waals surface area contributed by atoms with Gasteiger partial charge in [0.05, 0.1) is 31.5 Å². The van der Waals surface area contributed by atoms with E-state index in [2.05, 4.69) is 5.32 Å². The van der Waals surface area contributed by atoms with Gasteiger partial charge < -0.3 is 19.5 Å². The highest BCUT2D eigenvalue weighted by Crippen LogP contribution is 2.36. The summed E-state index contributed by atoms with van der Waals surface area (Å²) in [6, 6.07) is 2.89. The summed E-state index contributed by atoms with van der Waals surface area (Å²) < 4.78 is 15.4. The molecule has 1 aromatic rings. The Labute approximate surface area is 124 Å². The maximum Gasteiger partial charge on any atom is 0.328 e. The Bertz CT molecular complexity index is 465. The maximum absolute atomic E-state index is 11.8. The molecule has 0 fully saturated rings. The van der Waals surface area contributed by atoms with Crippen LogP contribution in [0.4, 0.5) is 5.69 Å². The van der Waals surface area contributed by atoms with Gasteiger partial charge in [0.1, 0.15) is 17.5 Å². The average Bonchev–Trinajstić information content (AvgIpc) is 2.45. The van der Waals surface area contributed by atoms with E-state index in [1.165, 1.54) is 14.2 Å². The minimum Gasteiger partial charge on any atom is -0.495 e. The Hall–Kier alpha value is -1.62. The third-order valence-corrected chi connectivity index (χ3v) is 3.08. The van der Waals surface area contributed by atoms with Gasteiger partial charge in [-0.2, -0.15) is 0 Å². The fourth-order valence-corrected chi connectivity index (χ4v) is 1.96. The monoisotopic (exact) mass is 301 g/mol. The largest absolute Gasteiger partial charge is 0.495 e. The second kappa shape index (κ2) is 7.85. The van der Waals surface area contributed by atoms with Crippen LogP contribution in [0.5, 0.6) is 11.5 Å². The molecule has 0 saturated heterocycles. The van der Waals surface area contributed by atoms with Crippen LogP contribution in [-0.4, -0.2) is 32.8 Å². The predicted molar refractivity (Wildman–Crippen MR) is 78.9 cm³/mol. The van der Waals surface area contributed by atoms with Crippen LogP contribution in [0.15, 0.2) is 12.1 Å². The number of carbonyl (C=O) groups is 1. The fraction of sp³-hybridized carbons (Fsp3) is 0.500. The molecule has 1 N–H and O–H groups in total. The number of ether oxygens (including phenoxy) is 3. The van der Waals surface area contributed by atoms with Crippen LogP contribution in [0.1, 0.15) is 20.3 Å². The molecule has 1 unspecified atom stereocenters. The zero-order valence-electron chi connectivity index (χ0n) is 12.2. The first-order chi connectivity index (χ1) is 9.57. The lowest BCUT2D eigenvalue weighted by Crippen LogP contribution is -2.30. The highest BCUT2D eigenvalue weighted by Gasteiger charge is 2.20. The van der Waals surface area contributed by atoms with Crippen molar-refractivity contribution in [2.24, 2.45) is 0 Å². The SMILES string of the molecule is CCOC(=O)C(CC)Nc1cc(OC)c(Cl)cc1OC. The molecule has 0 amide bonds. The van der Waals surface area contributed by atoms with E-state index in [-0.39, 0.29) is 5.97 Å². The van der Waals surface area contributed by atoms with Gasteiger partial charge >= 0.3 is 5.97 Å². The minimum atomic E-state index is -0.449. The standard InChI is InChI=1S/C14H20ClNO4/c1-5-10(14(17)20-6-2)16-11-8-12(18-3)9(15)7-13(11)19-4/h7-8,10,16H,5-6H2,1-4H3. The summed E-state index contributed by atoms with van der Waals surface area (Å²) >= 11 is 6.04. The van der Waals surface area contributed by atoms with Gasteiger partial charge in [0, 0.05) is 12.1 Å². The Morgan fingerprint density at radius 1 is 1.25 bits per heavy atom. The summed E-state index contributed by atoms with van der Waals surface area (Å²) in [5, 5.41) is 3.54. The van der Waals surface area contributed by atoms with Crippen molar-refractivity contribution in [2.45, 2.75) is 26.3 Å². The summed E-state index contributed by atoms with van der Waals surface area (Å²) in [5.74, 6) is 0.748. The van der Waals surface area contributed by atoms with E-state index in [9.17, 15) is 4.79 Å². The highest BCUT2D eigenvalue weighted by molar-refractivity contribution is 6.32. The van der Waals surface area contributed by atoms with Crippen molar-refractivity contribution in [1.29, 1.82) is 0 Å². The molecule has 1 aromatic carbocycles. The van der Waals surface area contributed by atoms with Gasteiger partial charge in [0.2, 0.25) is 0 Å². The first kappa shape index (κ1) is 16.4. The number of carbonyl (C=O) groups excluding carboxylic acids is 1. The van der Waals surface area contributed by atoms with E-state index >= 15 is 0 Å². The first-order valence-corrected chi connectivity index (χ1v) is 6.79. The van der Waals surface area contributed by atoms with Gasteiger partial charge in [0.15, 0.2) is 0 Å². The number of nitrogens with one attached hydrogen (secondary N) is 1. The normalized spacial score (nSPS) is 11.7. The minimum absolute atomic E-state index is 0.300. The number of hydrogen-bond acceptors (Lipinski definition) is 5. The molecule has 0 radical (unpaired) electrons. The molecule has 0 bridgehead atoms. The molecule has 20 heavy (non-hydrogen) atoms. The van der Waals surface area contributed by atoms with Crippen LogP contribution >= 0.6 is 11.6 Å². The molecular weight excluding hydrogens is 282 g/mol. The van der Waals surface area contributed by atoms with E-state index in [0.717, 1.165) is 0 Å². The molecule has 0 saturated carbocycles. The molecule has 0 aliphatic rings. The molecule has 112 valence electrons.